The van der Waals surface area contributed by atoms with Crippen molar-refractivity contribution in [2.24, 2.45) is 0 Å². The zero-order valence-corrected chi connectivity index (χ0v) is 11.8. The predicted molar refractivity (Wildman–Crippen MR) is 82.5 cm³/mol. The number of nitrogens with one attached hydrogen (secondary N) is 1. The third-order valence-electron chi connectivity index (χ3n) is 3.04. The van der Waals surface area contributed by atoms with Crippen molar-refractivity contribution >= 4 is 22.8 Å². The van der Waals surface area contributed by atoms with Crippen LogP contribution in [0, 0.1) is 0 Å². The van der Waals surface area contributed by atoms with Crippen LogP contribution >= 0.6 is 0 Å². The first-order chi connectivity index (χ1) is 9.70. The largest absolute Gasteiger partial charge is 0.383 e. The number of rotatable bonds is 5. The van der Waals surface area contributed by atoms with E-state index < -0.39 is 0 Å². The molecule has 0 aliphatic carbocycles. The summed E-state index contributed by atoms with van der Waals surface area (Å²) < 4.78 is 4.99. The van der Waals surface area contributed by atoms with Crippen molar-refractivity contribution in [3.8, 4) is 0 Å². The molecule has 2 rings (SSSR count). The molecule has 0 aromatic heterocycles. The lowest BCUT2D eigenvalue weighted by Crippen LogP contribution is -2.34. The zero-order chi connectivity index (χ0) is 14.4. The van der Waals surface area contributed by atoms with E-state index in [2.05, 4.69) is 23.5 Å². The lowest BCUT2D eigenvalue weighted by molar-refractivity contribution is -0.117. The van der Waals surface area contributed by atoms with Gasteiger partial charge in [0.25, 0.3) is 0 Å². The van der Waals surface area contributed by atoms with Gasteiger partial charge in [-0.15, -0.1) is 0 Å². The Morgan fingerprint density at radius 2 is 2.00 bits per heavy atom. The molecule has 1 N–H and O–H groups in total. The number of fused-ring (bicyclic) bond motifs is 1. The molecule has 0 spiro atoms. The maximum atomic E-state index is 11.8. The van der Waals surface area contributed by atoms with Crippen molar-refractivity contribution in [3.63, 3.8) is 0 Å². The van der Waals surface area contributed by atoms with Crippen LogP contribution in [-0.4, -0.2) is 25.7 Å². The van der Waals surface area contributed by atoms with Crippen molar-refractivity contribution in [2.45, 2.75) is 13.0 Å². The molecule has 0 heterocycles. The van der Waals surface area contributed by atoms with Crippen LogP contribution in [0.15, 0.2) is 48.5 Å². The second kappa shape index (κ2) is 6.87. The molecule has 1 amide bonds. The Hall–Kier alpha value is -2.13. The van der Waals surface area contributed by atoms with Crippen LogP contribution in [0.2, 0.25) is 0 Å². The quantitative estimate of drug-likeness (QED) is 0.847. The summed E-state index contributed by atoms with van der Waals surface area (Å²) in [6.07, 6.45) is 3.41. The Morgan fingerprint density at radius 3 is 2.80 bits per heavy atom. The average molecular weight is 269 g/mol. The first-order valence-corrected chi connectivity index (χ1v) is 6.66. The highest BCUT2D eigenvalue weighted by Crippen LogP contribution is 2.19. The predicted octanol–water partition coefficient (Wildman–Crippen LogP) is 3.00. The smallest absolute Gasteiger partial charge is 0.244 e. The van der Waals surface area contributed by atoms with Crippen LogP contribution in [0.25, 0.3) is 16.8 Å². The van der Waals surface area contributed by atoms with Crippen molar-refractivity contribution in [1.29, 1.82) is 0 Å². The molecule has 3 heteroatoms. The van der Waals surface area contributed by atoms with Gasteiger partial charge < -0.3 is 10.1 Å². The number of hydrogen-bond acceptors (Lipinski definition) is 2. The zero-order valence-electron chi connectivity index (χ0n) is 11.8. The highest BCUT2D eigenvalue weighted by atomic mass is 16.5. The van der Waals surface area contributed by atoms with Crippen molar-refractivity contribution < 1.29 is 9.53 Å². The van der Waals surface area contributed by atoms with Crippen molar-refractivity contribution in [1.82, 2.24) is 5.32 Å². The molecule has 0 saturated heterocycles. The van der Waals surface area contributed by atoms with Crippen LogP contribution < -0.4 is 5.32 Å². The van der Waals surface area contributed by atoms with Gasteiger partial charge in [-0.1, -0.05) is 42.5 Å². The minimum Gasteiger partial charge on any atom is -0.383 e. The fraction of sp³-hybridized carbons (Fsp3) is 0.235. The molecule has 20 heavy (non-hydrogen) atoms. The second-order valence-electron chi connectivity index (χ2n) is 4.77. The highest BCUT2D eigenvalue weighted by molar-refractivity contribution is 5.96. The van der Waals surface area contributed by atoms with E-state index in [1.54, 1.807) is 13.2 Å². The summed E-state index contributed by atoms with van der Waals surface area (Å²) in [5, 5.41) is 5.16. The number of benzene rings is 2. The van der Waals surface area contributed by atoms with E-state index in [0.717, 1.165) is 10.9 Å². The fourth-order valence-electron chi connectivity index (χ4n) is 2.14. The second-order valence-corrected chi connectivity index (χ2v) is 4.77. The Bertz CT molecular complexity index is 614. The normalized spacial score (nSPS) is 12.7. The number of carbonyl (C=O) groups excluding carboxylic acids is 1. The van der Waals surface area contributed by atoms with Gasteiger partial charge in [-0.3, -0.25) is 4.79 Å². The standard InChI is InChI=1S/C17H19NO2/c1-13(12-20-2)18-17(19)11-10-15-8-5-7-14-6-3-4-9-16(14)15/h3-11,13H,12H2,1-2H3,(H,18,19)/b11-10+. The molecular formula is C17H19NO2. The van der Waals surface area contributed by atoms with Gasteiger partial charge >= 0.3 is 0 Å². The molecule has 2 aromatic rings. The lowest BCUT2D eigenvalue weighted by atomic mass is 10.0. The summed E-state index contributed by atoms with van der Waals surface area (Å²) in [7, 11) is 1.62. The molecular weight excluding hydrogens is 250 g/mol. The molecule has 3 nitrogen and oxygen atoms in total. The van der Waals surface area contributed by atoms with Crippen LogP contribution in [-0.2, 0) is 9.53 Å². The number of hydrogen-bond donors (Lipinski definition) is 1. The summed E-state index contributed by atoms with van der Waals surface area (Å²) in [5.74, 6) is -0.109. The first-order valence-electron chi connectivity index (χ1n) is 6.66. The fourth-order valence-corrected chi connectivity index (χ4v) is 2.14. The molecule has 0 fully saturated rings. The van der Waals surface area contributed by atoms with Crippen LogP contribution in [0.1, 0.15) is 12.5 Å². The molecule has 0 saturated carbocycles. The third kappa shape index (κ3) is 3.68. The van der Waals surface area contributed by atoms with Gasteiger partial charge in [-0.05, 0) is 29.3 Å². The first kappa shape index (κ1) is 14.3. The Labute approximate surface area is 119 Å². The van der Waals surface area contributed by atoms with Gasteiger partial charge in [-0.25, -0.2) is 0 Å². The highest BCUT2D eigenvalue weighted by Gasteiger charge is 2.03. The average Bonchev–Trinajstić information content (AvgIpc) is 2.45. The van der Waals surface area contributed by atoms with E-state index in [0.29, 0.717) is 6.61 Å². The van der Waals surface area contributed by atoms with Gasteiger partial charge in [0.1, 0.15) is 0 Å². The topological polar surface area (TPSA) is 38.3 Å². The maximum absolute atomic E-state index is 11.8. The summed E-state index contributed by atoms with van der Waals surface area (Å²) in [6.45, 7) is 2.42. The van der Waals surface area contributed by atoms with Gasteiger partial charge in [-0.2, -0.15) is 0 Å². The molecule has 0 aliphatic rings. The minimum absolute atomic E-state index is 0.00432. The van der Waals surface area contributed by atoms with Gasteiger partial charge in [0.15, 0.2) is 0 Å². The van der Waals surface area contributed by atoms with Crippen molar-refractivity contribution in [3.05, 3.63) is 54.1 Å². The van der Waals surface area contributed by atoms with Gasteiger partial charge in [0, 0.05) is 19.2 Å². The summed E-state index contributed by atoms with van der Waals surface area (Å²) in [4.78, 5) is 11.8. The molecule has 1 atom stereocenters. The number of methoxy groups -OCH3 is 1. The third-order valence-corrected chi connectivity index (χ3v) is 3.04. The van der Waals surface area contributed by atoms with E-state index in [9.17, 15) is 4.79 Å². The van der Waals surface area contributed by atoms with Crippen molar-refractivity contribution in [2.75, 3.05) is 13.7 Å². The number of carbonyl (C=O) groups is 1. The molecule has 2 aromatic carbocycles. The van der Waals surface area contributed by atoms with E-state index in [1.165, 1.54) is 5.39 Å². The molecule has 1 unspecified atom stereocenters. The van der Waals surface area contributed by atoms with Gasteiger partial charge in [0.05, 0.1) is 6.61 Å². The summed E-state index contributed by atoms with van der Waals surface area (Å²) in [5.41, 5.74) is 1.04. The summed E-state index contributed by atoms with van der Waals surface area (Å²) >= 11 is 0. The SMILES string of the molecule is COCC(C)NC(=O)/C=C/c1cccc2ccccc12. The molecule has 0 aliphatic heterocycles. The maximum Gasteiger partial charge on any atom is 0.244 e. The number of amides is 1. The summed E-state index contributed by atoms with van der Waals surface area (Å²) in [6, 6.07) is 14.2. The Balaban J connectivity index is 2.12. The van der Waals surface area contributed by atoms with E-state index >= 15 is 0 Å². The van der Waals surface area contributed by atoms with Crippen LogP contribution in [0.5, 0.6) is 0 Å². The minimum atomic E-state index is -0.109. The molecule has 0 radical (unpaired) electrons. The Morgan fingerprint density at radius 1 is 1.25 bits per heavy atom. The van der Waals surface area contributed by atoms with Crippen LogP contribution in [0.3, 0.4) is 0 Å². The van der Waals surface area contributed by atoms with Gasteiger partial charge in [0.2, 0.25) is 5.91 Å². The molecule has 0 bridgehead atoms. The van der Waals surface area contributed by atoms with E-state index in [4.69, 9.17) is 4.74 Å². The monoisotopic (exact) mass is 269 g/mol. The lowest BCUT2D eigenvalue weighted by Gasteiger charge is -2.10. The molecule has 104 valence electrons. The van der Waals surface area contributed by atoms with Crippen LogP contribution in [0.4, 0.5) is 0 Å². The van der Waals surface area contributed by atoms with E-state index in [1.807, 2.05) is 37.3 Å². The van der Waals surface area contributed by atoms with E-state index in [-0.39, 0.29) is 11.9 Å². The number of ether oxygens (including phenoxy) is 1. The Kier molecular flexibility index (Phi) is 4.91.